The number of nitrogens with one attached hydrogen (secondary N) is 1. The molecule has 1 aromatic rings. The molecule has 0 saturated carbocycles. The zero-order valence-electron chi connectivity index (χ0n) is 5.88. The van der Waals surface area contributed by atoms with Crippen molar-refractivity contribution in [2.45, 2.75) is 12.8 Å². The molecule has 1 N–H and O–H groups in total. The summed E-state index contributed by atoms with van der Waals surface area (Å²) in [5.74, 6) is 1.16. The number of aromatic nitrogens is 2. The maximum atomic E-state index is 3.90. The number of aromatic amines is 1. The Labute approximate surface area is 60.0 Å². The Bertz CT molecular complexity index is 187. The molecule has 0 radical (unpaired) electrons. The van der Waals surface area contributed by atoms with Gasteiger partial charge in [0.1, 0.15) is 5.82 Å². The van der Waals surface area contributed by atoms with Gasteiger partial charge in [0.25, 0.3) is 0 Å². The molecule has 0 spiro atoms. The third kappa shape index (κ3) is 0.875. The van der Waals surface area contributed by atoms with Crippen molar-refractivity contribution < 1.29 is 0 Å². The van der Waals surface area contributed by atoms with Crippen LogP contribution >= 0.6 is 0 Å². The Morgan fingerprint density at radius 2 is 2.20 bits per heavy atom. The van der Waals surface area contributed by atoms with E-state index in [2.05, 4.69) is 15.1 Å². The molecule has 2 rings (SSSR count). The van der Waals surface area contributed by atoms with E-state index in [-0.39, 0.29) is 0 Å². The molecule has 1 aliphatic rings. The van der Waals surface area contributed by atoms with E-state index in [0.717, 1.165) is 5.82 Å². The molecular formula is C7H11N3. The lowest BCUT2D eigenvalue weighted by atomic mass is 10.4. The zero-order valence-corrected chi connectivity index (χ0v) is 5.88. The van der Waals surface area contributed by atoms with Crippen LogP contribution < -0.4 is 4.90 Å². The maximum Gasteiger partial charge on any atom is 0.123 e. The fourth-order valence-electron chi connectivity index (χ4n) is 1.38. The second kappa shape index (κ2) is 2.33. The van der Waals surface area contributed by atoms with Gasteiger partial charge in [0.05, 0.1) is 6.20 Å². The van der Waals surface area contributed by atoms with Crippen molar-refractivity contribution in [3.05, 3.63) is 12.3 Å². The first-order valence-corrected chi connectivity index (χ1v) is 3.71. The minimum absolute atomic E-state index is 1.16. The summed E-state index contributed by atoms with van der Waals surface area (Å²) in [6, 6.07) is 2.02. The summed E-state index contributed by atoms with van der Waals surface area (Å²) in [6.07, 6.45) is 4.44. The van der Waals surface area contributed by atoms with Gasteiger partial charge in [-0.3, -0.25) is 5.10 Å². The van der Waals surface area contributed by atoms with Crippen LogP contribution in [0.4, 0.5) is 5.82 Å². The molecule has 1 fully saturated rings. The van der Waals surface area contributed by atoms with Crippen LogP contribution in [0.15, 0.2) is 12.3 Å². The summed E-state index contributed by atoms with van der Waals surface area (Å²) in [7, 11) is 0. The molecule has 0 bridgehead atoms. The largest absolute Gasteiger partial charge is 0.357 e. The van der Waals surface area contributed by atoms with Crippen LogP contribution in [0.3, 0.4) is 0 Å². The van der Waals surface area contributed by atoms with E-state index in [0.29, 0.717) is 0 Å². The van der Waals surface area contributed by atoms with E-state index in [4.69, 9.17) is 0 Å². The van der Waals surface area contributed by atoms with Crippen LogP contribution in [0.5, 0.6) is 0 Å². The van der Waals surface area contributed by atoms with Crippen LogP contribution in [0.2, 0.25) is 0 Å². The van der Waals surface area contributed by atoms with Crippen LogP contribution in [0, 0.1) is 0 Å². The summed E-state index contributed by atoms with van der Waals surface area (Å²) >= 11 is 0. The first-order valence-electron chi connectivity index (χ1n) is 3.71. The minimum Gasteiger partial charge on any atom is -0.357 e. The first-order chi connectivity index (χ1) is 4.97. The van der Waals surface area contributed by atoms with Crippen LogP contribution in [0.25, 0.3) is 0 Å². The van der Waals surface area contributed by atoms with E-state index < -0.39 is 0 Å². The Balaban J connectivity index is 2.12. The van der Waals surface area contributed by atoms with Crippen molar-refractivity contribution in [1.29, 1.82) is 0 Å². The molecule has 0 atom stereocenters. The molecule has 10 heavy (non-hydrogen) atoms. The van der Waals surface area contributed by atoms with Crippen molar-refractivity contribution >= 4 is 5.82 Å². The standard InChI is InChI=1S/C7H11N3/c1-2-6-10(5-1)7-3-4-8-9-7/h3-4H,1-2,5-6H2,(H,8,9). The molecule has 1 aliphatic heterocycles. The number of nitrogens with zero attached hydrogens (tertiary/aromatic N) is 2. The smallest absolute Gasteiger partial charge is 0.123 e. The predicted octanol–water partition coefficient (Wildman–Crippen LogP) is 1.01. The highest BCUT2D eigenvalue weighted by Crippen LogP contribution is 2.15. The third-order valence-electron chi connectivity index (χ3n) is 1.93. The molecule has 0 unspecified atom stereocenters. The molecule has 0 amide bonds. The van der Waals surface area contributed by atoms with Gasteiger partial charge in [-0.1, -0.05) is 0 Å². The van der Waals surface area contributed by atoms with E-state index in [9.17, 15) is 0 Å². The zero-order chi connectivity index (χ0) is 6.81. The Morgan fingerprint density at radius 1 is 1.40 bits per heavy atom. The van der Waals surface area contributed by atoms with E-state index in [1.54, 1.807) is 6.20 Å². The van der Waals surface area contributed by atoms with Gasteiger partial charge in [-0.05, 0) is 12.8 Å². The second-order valence-electron chi connectivity index (χ2n) is 2.64. The summed E-state index contributed by atoms with van der Waals surface area (Å²) in [6.45, 7) is 2.37. The van der Waals surface area contributed by atoms with Gasteiger partial charge >= 0.3 is 0 Å². The monoisotopic (exact) mass is 137 g/mol. The normalized spacial score (nSPS) is 18.2. The number of H-pyrrole nitrogens is 1. The molecule has 3 heteroatoms. The Morgan fingerprint density at radius 3 is 2.80 bits per heavy atom. The Kier molecular flexibility index (Phi) is 1.34. The van der Waals surface area contributed by atoms with Gasteiger partial charge < -0.3 is 4.90 Å². The lowest BCUT2D eigenvalue weighted by Crippen LogP contribution is -2.17. The van der Waals surface area contributed by atoms with Crippen molar-refractivity contribution in [3.63, 3.8) is 0 Å². The molecule has 0 aromatic carbocycles. The second-order valence-corrected chi connectivity index (χ2v) is 2.64. The average molecular weight is 137 g/mol. The van der Waals surface area contributed by atoms with E-state index in [1.807, 2.05) is 6.07 Å². The highest BCUT2D eigenvalue weighted by molar-refractivity contribution is 5.37. The first kappa shape index (κ1) is 5.77. The lowest BCUT2D eigenvalue weighted by Gasteiger charge is -2.13. The number of hydrogen-bond donors (Lipinski definition) is 1. The van der Waals surface area contributed by atoms with E-state index in [1.165, 1.54) is 25.9 Å². The molecule has 54 valence electrons. The Hall–Kier alpha value is -0.990. The number of rotatable bonds is 1. The average Bonchev–Trinajstić information content (AvgIpc) is 2.59. The quantitative estimate of drug-likeness (QED) is 0.626. The van der Waals surface area contributed by atoms with Crippen LogP contribution in [-0.4, -0.2) is 23.3 Å². The molecule has 0 aliphatic carbocycles. The van der Waals surface area contributed by atoms with Gasteiger partial charge in [0.15, 0.2) is 0 Å². The maximum absolute atomic E-state index is 3.90. The van der Waals surface area contributed by atoms with Gasteiger partial charge in [-0.2, -0.15) is 5.10 Å². The summed E-state index contributed by atoms with van der Waals surface area (Å²) in [5, 5.41) is 6.86. The fourth-order valence-corrected chi connectivity index (χ4v) is 1.38. The molecule has 2 heterocycles. The molecule has 3 nitrogen and oxygen atoms in total. The molecule has 1 aromatic heterocycles. The van der Waals surface area contributed by atoms with Gasteiger partial charge in [0.2, 0.25) is 0 Å². The lowest BCUT2D eigenvalue weighted by molar-refractivity contribution is 0.921. The summed E-state index contributed by atoms with van der Waals surface area (Å²) < 4.78 is 0. The van der Waals surface area contributed by atoms with Crippen molar-refractivity contribution in [3.8, 4) is 0 Å². The van der Waals surface area contributed by atoms with Gasteiger partial charge in [-0.15, -0.1) is 0 Å². The molecular weight excluding hydrogens is 126 g/mol. The van der Waals surface area contributed by atoms with Gasteiger partial charge in [0, 0.05) is 19.2 Å². The molecule has 1 saturated heterocycles. The number of anilines is 1. The summed E-state index contributed by atoms with van der Waals surface area (Å²) in [4.78, 5) is 2.33. The van der Waals surface area contributed by atoms with E-state index >= 15 is 0 Å². The SMILES string of the molecule is c1cc(N2CCCC2)[nH]n1. The van der Waals surface area contributed by atoms with Gasteiger partial charge in [-0.25, -0.2) is 0 Å². The topological polar surface area (TPSA) is 31.9 Å². The van der Waals surface area contributed by atoms with Crippen molar-refractivity contribution in [2.75, 3.05) is 18.0 Å². The predicted molar refractivity (Wildman–Crippen MR) is 40.0 cm³/mol. The highest BCUT2D eigenvalue weighted by Gasteiger charge is 2.11. The minimum atomic E-state index is 1.16. The number of hydrogen-bond acceptors (Lipinski definition) is 2. The third-order valence-corrected chi connectivity index (χ3v) is 1.93. The van der Waals surface area contributed by atoms with Crippen LogP contribution in [0.1, 0.15) is 12.8 Å². The van der Waals surface area contributed by atoms with Crippen molar-refractivity contribution in [1.82, 2.24) is 10.2 Å². The fraction of sp³-hybridized carbons (Fsp3) is 0.571. The summed E-state index contributed by atoms with van der Waals surface area (Å²) in [5.41, 5.74) is 0. The van der Waals surface area contributed by atoms with Crippen LogP contribution in [-0.2, 0) is 0 Å². The van der Waals surface area contributed by atoms with Crippen molar-refractivity contribution in [2.24, 2.45) is 0 Å². The highest BCUT2D eigenvalue weighted by atomic mass is 15.3.